The van der Waals surface area contributed by atoms with Gasteiger partial charge in [-0.25, -0.2) is 19.6 Å². The van der Waals surface area contributed by atoms with Crippen LogP contribution in [-0.4, -0.2) is 93.1 Å². The van der Waals surface area contributed by atoms with Gasteiger partial charge in [0.15, 0.2) is 0 Å². The predicted octanol–water partition coefficient (Wildman–Crippen LogP) is 7.48. The molecule has 0 saturated carbocycles. The van der Waals surface area contributed by atoms with Gasteiger partial charge in [-0.2, -0.15) is 0 Å². The lowest BCUT2D eigenvalue weighted by molar-refractivity contribution is -0.136. The van der Waals surface area contributed by atoms with E-state index in [1.165, 1.54) is 14.2 Å². The van der Waals surface area contributed by atoms with Gasteiger partial charge in [0.05, 0.1) is 48.4 Å². The Bertz CT molecular complexity index is 2200. The Labute approximate surface area is 338 Å². The van der Waals surface area contributed by atoms with E-state index < -0.39 is 24.3 Å². The third-order valence-corrected chi connectivity index (χ3v) is 11.7. The minimum atomic E-state index is -0.695. The summed E-state index contributed by atoms with van der Waals surface area (Å²) in [7, 11) is 2.59. The molecule has 7 rings (SSSR count). The number of hydrogen-bond donors (Lipinski definition) is 4. The topological polar surface area (TPSA) is 175 Å². The largest absolute Gasteiger partial charge is 0.453 e. The van der Waals surface area contributed by atoms with Gasteiger partial charge in [-0.1, -0.05) is 52.0 Å². The molecule has 14 nitrogen and oxygen atoms in total. The van der Waals surface area contributed by atoms with Gasteiger partial charge in [-0.05, 0) is 109 Å². The molecule has 0 radical (unpaired) electrons. The van der Waals surface area contributed by atoms with Gasteiger partial charge in [-0.3, -0.25) is 9.59 Å². The van der Waals surface area contributed by atoms with Crippen LogP contribution in [0.3, 0.4) is 0 Å². The summed E-state index contributed by atoms with van der Waals surface area (Å²) in [6.45, 7) is 13.1. The summed E-state index contributed by atoms with van der Waals surface area (Å²) in [4.78, 5) is 72.0. The van der Waals surface area contributed by atoms with E-state index in [0.29, 0.717) is 13.1 Å². The second-order valence-corrected chi connectivity index (χ2v) is 16.3. The monoisotopic (exact) mass is 790 g/mol. The number of amides is 4. The first-order valence-corrected chi connectivity index (χ1v) is 20.2. The fraction of sp³-hybridized carbons (Fsp3) is 0.455. The van der Waals surface area contributed by atoms with E-state index >= 15 is 0 Å². The van der Waals surface area contributed by atoms with Gasteiger partial charge < -0.3 is 39.9 Å². The van der Waals surface area contributed by atoms with E-state index in [1.807, 2.05) is 49.6 Å². The summed E-state index contributed by atoms with van der Waals surface area (Å²) in [5, 5.41) is 5.43. The van der Waals surface area contributed by atoms with Crippen LogP contribution in [-0.2, 0) is 19.1 Å². The van der Waals surface area contributed by atoms with E-state index in [-0.39, 0.29) is 35.7 Å². The number of aromatic amines is 2. The van der Waals surface area contributed by atoms with Gasteiger partial charge in [0.25, 0.3) is 0 Å². The van der Waals surface area contributed by atoms with Crippen molar-refractivity contribution in [2.45, 2.75) is 91.4 Å². The van der Waals surface area contributed by atoms with Crippen LogP contribution in [0.1, 0.15) is 88.2 Å². The molecule has 5 aromatic rings. The summed E-state index contributed by atoms with van der Waals surface area (Å²) in [6, 6.07) is 15.1. The highest BCUT2D eigenvalue weighted by Crippen LogP contribution is 2.37. The fourth-order valence-corrected chi connectivity index (χ4v) is 8.53. The lowest BCUT2D eigenvalue weighted by atomic mass is 9.91. The molecular weight excluding hydrogens is 737 g/mol. The maximum Gasteiger partial charge on any atom is 0.407 e. The van der Waals surface area contributed by atoms with Crippen molar-refractivity contribution in [1.82, 2.24) is 40.4 Å². The molecule has 2 saturated heterocycles. The first kappa shape index (κ1) is 40.3. The van der Waals surface area contributed by atoms with Gasteiger partial charge in [0.2, 0.25) is 11.8 Å². The number of aryl methyl sites for hydroxylation is 2. The van der Waals surface area contributed by atoms with Gasteiger partial charge in [0, 0.05) is 13.1 Å². The number of nitrogens with one attached hydrogen (secondary N) is 4. The molecular formula is C44H54N8O6. The summed E-state index contributed by atoms with van der Waals surface area (Å²) < 4.78 is 9.57. The average molecular weight is 791 g/mol. The highest BCUT2D eigenvalue weighted by molar-refractivity contribution is 5.89. The number of nitrogens with zero attached hydrogens (tertiary/aromatic N) is 4. The van der Waals surface area contributed by atoms with Crippen LogP contribution in [0.15, 0.2) is 48.5 Å². The summed E-state index contributed by atoms with van der Waals surface area (Å²) >= 11 is 0. The number of H-pyrrole nitrogens is 2. The first-order valence-electron chi connectivity index (χ1n) is 20.2. The lowest BCUT2D eigenvalue weighted by Crippen LogP contribution is -2.51. The summed E-state index contributed by atoms with van der Waals surface area (Å²) in [5.41, 5.74) is 10.0. The Morgan fingerprint density at radius 1 is 0.655 bits per heavy atom. The number of aromatic nitrogens is 4. The second-order valence-electron chi connectivity index (χ2n) is 16.3. The van der Waals surface area contributed by atoms with E-state index in [4.69, 9.17) is 19.4 Å². The third kappa shape index (κ3) is 7.84. The molecule has 0 aliphatic carbocycles. The van der Waals surface area contributed by atoms with Gasteiger partial charge >= 0.3 is 12.2 Å². The van der Waals surface area contributed by atoms with Crippen LogP contribution in [0.5, 0.6) is 0 Å². The zero-order valence-corrected chi connectivity index (χ0v) is 34.6. The van der Waals surface area contributed by atoms with Crippen molar-refractivity contribution in [2.75, 3.05) is 27.3 Å². The minimum Gasteiger partial charge on any atom is -0.453 e. The molecule has 2 aliphatic heterocycles. The Kier molecular flexibility index (Phi) is 11.5. The molecule has 3 unspecified atom stereocenters. The van der Waals surface area contributed by atoms with Crippen LogP contribution < -0.4 is 10.6 Å². The minimum absolute atomic E-state index is 0.111. The van der Waals surface area contributed by atoms with Crippen molar-refractivity contribution in [3.63, 3.8) is 0 Å². The molecule has 2 aromatic heterocycles. The predicted molar refractivity (Wildman–Crippen MR) is 222 cm³/mol. The number of carbonyl (C=O) groups excluding carboxylic acids is 4. The molecule has 0 spiro atoms. The number of alkyl carbamates (subject to hydrolysis) is 2. The van der Waals surface area contributed by atoms with E-state index in [1.54, 1.807) is 0 Å². The van der Waals surface area contributed by atoms with Crippen LogP contribution in [0.2, 0.25) is 0 Å². The maximum absolute atomic E-state index is 13.7. The Hall–Kier alpha value is -5.92. The third-order valence-electron chi connectivity index (χ3n) is 11.7. The van der Waals surface area contributed by atoms with Gasteiger partial charge in [-0.15, -0.1) is 0 Å². The van der Waals surface area contributed by atoms with E-state index in [0.717, 1.165) is 92.8 Å². The summed E-state index contributed by atoms with van der Waals surface area (Å²) in [6.07, 6.45) is 2.00. The van der Waals surface area contributed by atoms with E-state index in [2.05, 4.69) is 70.8 Å². The first-order chi connectivity index (χ1) is 27.8. The lowest BCUT2D eigenvalue weighted by Gasteiger charge is -2.29. The van der Waals surface area contributed by atoms with Crippen molar-refractivity contribution in [2.24, 2.45) is 11.8 Å². The number of likely N-dealkylation sites (tertiary alicyclic amines) is 2. The number of carbonyl (C=O) groups is 4. The zero-order valence-electron chi connectivity index (χ0n) is 34.6. The molecule has 4 atom stereocenters. The number of hydrogen-bond acceptors (Lipinski definition) is 8. The molecule has 306 valence electrons. The Balaban J connectivity index is 1.11. The normalized spacial score (nSPS) is 18.0. The second kappa shape index (κ2) is 16.5. The standard InChI is InChI=1S/C44H54N8O6/c1-23(2)37(49-43(55)57-7)41(53)51-17-9-11-35(51)39-45-31-15-13-27(21-33(31)47-39)29-19-26(6)30(20-25(29)5)28-14-16-32-34(22-28)48-40(46-32)36-12-10-18-52(36)42(54)38(24(3)4)50-44(56)58-8/h13-16,19-24,35-38H,9-12,17-18H2,1-8H3,(H,45,47)(H,46,48)(H,49,55)(H,50,56)/t35?,36?,37-,38?/m0/s1. The fourth-order valence-electron chi connectivity index (χ4n) is 8.53. The molecule has 4 amide bonds. The average Bonchev–Trinajstić information content (AvgIpc) is 4.03. The summed E-state index contributed by atoms with van der Waals surface area (Å²) in [5.74, 6) is 0.977. The SMILES string of the molecule is COC(=O)NC(C(=O)N1CCCC1c1nc2ccc(-c3cc(C)c(-c4ccc5nc(C6CCCN6C(=O)[C@@H](NC(=O)OC)C(C)C)[nH]c5c4)cc3C)cc2[nH]1)C(C)C. The van der Waals surface area contributed by atoms with Crippen molar-refractivity contribution in [3.8, 4) is 22.3 Å². The molecule has 2 aliphatic rings. The molecule has 0 bridgehead atoms. The Morgan fingerprint density at radius 3 is 1.41 bits per heavy atom. The molecule has 14 heteroatoms. The van der Waals surface area contributed by atoms with Crippen LogP contribution >= 0.6 is 0 Å². The van der Waals surface area contributed by atoms with Gasteiger partial charge in [0.1, 0.15) is 23.7 Å². The van der Waals surface area contributed by atoms with Crippen molar-refractivity contribution in [1.29, 1.82) is 0 Å². The highest BCUT2D eigenvalue weighted by Gasteiger charge is 2.39. The highest BCUT2D eigenvalue weighted by atomic mass is 16.5. The molecule has 3 aromatic carbocycles. The van der Waals surface area contributed by atoms with Crippen molar-refractivity contribution >= 4 is 46.1 Å². The van der Waals surface area contributed by atoms with Crippen LogP contribution in [0.25, 0.3) is 44.3 Å². The quantitative estimate of drug-likeness (QED) is 0.113. The van der Waals surface area contributed by atoms with E-state index in [9.17, 15) is 19.2 Å². The molecule has 2 fully saturated rings. The zero-order chi connectivity index (χ0) is 41.4. The molecule has 4 heterocycles. The maximum atomic E-state index is 13.7. The molecule has 58 heavy (non-hydrogen) atoms. The van der Waals surface area contributed by atoms with Crippen molar-refractivity contribution in [3.05, 3.63) is 71.3 Å². The smallest absolute Gasteiger partial charge is 0.407 e. The number of fused-ring (bicyclic) bond motifs is 2. The number of methoxy groups -OCH3 is 2. The number of ether oxygens (including phenoxy) is 2. The van der Waals surface area contributed by atoms with Crippen LogP contribution in [0.4, 0.5) is 9.59 Å². The Morgan fingerprint density at radius 2 is 1.05 bits per heavy atom. The van der Waals surface area contributed by atoms with Crippen molar-refractivity contribution < 1.29 is 28.7 Å². The molecule has 4 N–H and O–H groups in total. The number of imidazole rings is 2. The van der Waals surface area contributed by atoms with Crippen LogP contribution in [0, 0.1) is 25.7 Å². The number of benzene rings is 3. The number of rotatable bonds is 10.